The maximum Gasteiger partial charge on any atom is 0.276 e. The number of hydrogen-bond acceptors (Lipinski definition) is 7. The van der Waals surface area contributed by atoms with Crippen molar-refractivity contribution in [3.05, 3.63) is 72.1 Å². The van der Waals surface area contributed by atoms with Crippen LogP contribution in [0.3, 0.4) is 0 Å². The first-order chi connectivity index (χ1) is 14.2. The van der Waals surface area contributed by atoms with Crippen LogP contribution >= 0.6 is 0 Å². The molecule has 4 rings (SSSR count). The van der Waals surface area contributed by atoms with Crippen LogP contribution in [0.4, 0.5) is 17.3 Å². The van der Waals surface area contributed by atoms with Gasteiger partial charge in [0.2, 0.25) is 0 Å². The lowest BCUT2D eigenvalue weighted by atomic mass is 10.2. The van der Waals surface area contributed by atoms with E-state index in [1.807, 2.05) is 30.3 Å². The Kier molecular flexibility index (Phi) is 5.29. The van der Waals surface area contributed by atoms with Crippen molar-refractivity contribution < 1.29 is 4.79 Å². The fourth-order valence-corrected chi connectivity index (χ4v) is 3.18. The first-order valence-corrected chi connectivity index (χ1v) is 9.29. The zero-order chi connectivity index (χ0) is 20.1. The first-order valence-electron chi connectivity index (χ1n) is 9.29. The number of carbonyl (C=O) groups excluding carboxylic acids is 1. The molecular weight excluding hydrogens is 366 g/mol. The quantitative estimate of drug-likeness (QED) is 0.736. The van der Waals surface area contributed by atoms with E-state index in [1.165, 1.54) is 0 Å². The smallest absolute Gasteiger partial charge is 0.276 e. The molecule has 1 fully saturated rings. The molecule has 8 nitrogen and oxygen atoms in total. The van der Waals surface area contributed by atoms with E-state index in [0.29, 0.717) is 11.3 Å². The molecule has 2 aromatic heterocycles. The highest BCUT2D eigenvalue weighted by Gasteiger charge is 2.19. The Hall–Kier alpha value is -3.99. The molecule has 0 saturated carbocycles. The van der Waals surface area contributed by atoms with Crippen molar-refractivity contribution in [1.82, 2.24) is 15.2 Å². The van der Waals surface area contributed by atoms with Gasteiger partial charge in [0.15, 0.2) is 11.5 Å². The highest BCUT2D eigenvalue weighted by atomic mass is 16.1. The van der Waals surface area contributed by atoms with E-state index in [2.05, 4.69) is 30.3 Å². The van der Waals surface area contributed by atoms with Crippen LogP contribution in [0.25, 0.3) is 0 Å². The highest BCUT2D eigenvalue weighted by Crippen LogP contribution is 2.17. The van der Waals surface area contributed by atoms with Gasteiger partial charge >= 0.3 is 0 Å². The Morgan fingerprint density at radius 3 is 2.38 bits per heavy atom. The number of hydrogen-bond donors (Lipinski definition) is 1. The molecule has 0 atom stereocenters. The number of nitrogens with zero attached hydrogens (tertiary/aromatic N) is 6. The maximum absolute atomic E-state index is 12.4. The molecule has 3 aromatic rings. The van der Waals surface area contributed by atoms with Crippen molar-refractivity contribution in [2.75, 3.05) is 41.3 Å². The molecule has 1 aromatic carbocycles. The van der Waals surface area contributed by atoms with Gasteiger partial charge in [0.1, 0.15) is 5.82 Å². The molecule has 1 aliphatic rings. The van der Waals surface area contributed by atoms with Gasteiger partial charge in [0.25, 0.3) is 5.91 Å². The molecule has 1 amide bonds. The number of benzene rings is 1. The minimum atomic E-state index is -0.362. The molecule has 0 bridgehead atoms. The van der Waals surface area contributed by atoms with Crippen molar-refractivity contribution in [3.63, 3.8) is 0 Å². The van der Waals surface area contributed by atoms with Gasteiger partial charge in [-0.2, -0.15) is 5.26 Å². The Bertz CT molecular complexity index is 1020. The molecule has 144 valence electrons. The number of amides is 1. The number of rotatable bonds is 4. The summed E-state index contributed by atoms with van der Waals surface area (Å²) in [4.78, 5) is 21.2. The van der Waals surface area contributed by atoms with Gasteiger partial charge in [-0.15, -0.1) is 10.2 Å². The Labute approximate surface area is 168 Å². The van der Waals surface area contributed by atoms with E-state index in [1.54, 1.807) is 36.5 Å². The summed E-state index contributed by atoms with van der Waals surface area (Å²) < 4.78 is 0. The third-order valence-corrected chi connectivity index (χ3v) is 4.71. The number of anilines is 3. The summed E-state index contributed by atoms with van der Waals surface area (Å²) in [6, 6.07) is 18.2. The molecule has 0 spiro atoms. The molecule has 0 unspecified atom stereocenters. The molecule has 0 aliphatic carbocycles. The Balaban J connectivity index is 1.37. The predicted octanol–water partition coefficient (Wildman–Crippen LogP) is 2.32. The van der Waals surface area contributed by atoms with Crippen molar-refractivity contribution in [3.8, 4) is 6.07 Å². The van der Waals surface area contributed by atoms with Crippen LogP contribution in [0.15, 0.2) is 60.8 Å². The zero-order valence-electron chi connectivity index (χ0n) is 15.7. The van der Waals surface area contributed by atoms with Crippen LogP contribution in [0.1, 0.15) is 16.1 Å². The van der Waals surface area contributed by atoms with Crippen LogP contribution < -0.4 is 15.1 Å². The lowest BCUT2D eigenvalue weighted by Gasteiger charge is -2.35. The summed E-state index contributed by atoms with van der Waals surface area (Å²) in [6.45, 7) is 3.29. The fraction of sp³-hybridized carbons (Fsp3) is 0.190. The maximum atomic E-state index is 12.4. The molecular formula is C21H19N7O. The van der Waals surface area contributed by atoms with Gasteiger partial charge in [-0.25, -0.2) is 4.98 Å². The minimum Gasteiger partial charge on any atom is -0.353 e. The van der Waals surface area contributed by atoms with E-state index in [-0.39, 0.29) is 11.6 Å². The molecule has 1 N–H and O–H groups in total. The van der Waals surface area contributed by atoms with Crippen LogP contribution in [0, 0.1) is 11.3 Å². The molecule has 8 heteroatoms. The van der Waals surface area contributed by atoms with Gasteiger partial charge in [-0.1, -0.05) is 12.1 Å². The van der Waals surface area contributed by atoms with E-state index in [4.69, 9.17) is 5.26 Å². The average molecular weight is 385 g/mol. The van der Waals surface area contributed by atoms with Crippen LogP contribution in [0.5, 0.6) is 0 Å². The molecule has 1 saturated heterocycles. The number of nitriles is 1. The van der Waals surface area contributed by atoms with Crippen LogP contribution in [-0.4, -0.2) is 47.3 Å². The summed E-state index contributed by atoms with van der Waals surface area (Å²) in [7, 11) is 0. The molecule has 0 radical (unpaired) electrons. The van der Waals surface area contributed by atoms with Gasteiger partial charge in [-0.05, 0) is 42.5 Å². The lowest BCUT2D eigenvalue weighted by Crippen LogP contribution is -2.47. The summed E-state index contributed by atoms with van der Waals surface area (Å²) in [5.74, 6) is 1.36. The number of piperazine rings is 1. The van der Waals surface area contributed by atoms with E-state index < -0.39 is 0 Å². The van der Waals surface area contributed by atoms with Gasteiger partial charge in [0, 0.05) is 38.1 Å². The third kappa shape index (κ3) is 4.30. The number of carbonyl (C=O) groups is 1. The fourth-order valence-electron chi connectivity index (χ4n) is 3.18. The SMILES string of the molecule is N#Cc1cccc(NC(=O)c2ccc(N3CCN(c4ccccn4)CC3)nn2)c1. The summed E-state index contributed by atoms with van der Waals surface area (Å²) >= 11 is 0. The second-order valence-corrected chi connectivity index (χ2v) is 6.59. The summed E-state index contributed by atoms with van der Waals surface area (Å²) in [5.41, 5.74) is 1.25. The van der Waals surface area contributed by atoms with E-state index in [0.717, 1.165) is 37.8 Å². The van der Waals surface area contributed by atoms with Crippen LogP contribution in [0.2, 0.25) is 0 Å². The van der Waals surface area contributed by atoms with Crippen molar-refractivity contribution in [2.45, 2.75) is 0 Å². The average Bonchev–Trinajstić information content (AvgIpc) is 2.80. The van der Waals surface area contributed by atoms with Crippen molar-refractivity contribution in [2.24, 2.45) is 0 Å². The van der Waals surface area contributed by atoms with Gasteiger partial charge in [0.05, 0.1) is 11.6 Å². The number of aromatic nitrogens is 3. The minimum absolute atomic E-state index is 0.225. The molecule has 1 aliphatic heterocycles. The third-order valence-electron chi connectivity index (χ3n) is 4.71. The lowest BCUT2D eigenvalue weighted by molar-refractivity contribution is 0.102. The normalized spacial score (nSPS) is 13.6. The van der Waals surface area contributed by atoms with Crippen molar-refractivity contribution >= 4 is 23.2 Å². The van der Waals surface area contributed by atoms with E-state index in [9.17, 15) is 4.79 Å². The predicted molar refractivity (Wildman–Crippen MR) is 110 cm³/mol. The molecule has 3 heterocycles. The highest BCUT2D eigenvalue weighted by molar-refractivity contribution is 6.02. The molecule has 29 heavy (non-hydrogen) atoms. The number of pyridine rings is 1. The van der Waals surface area contributed by atoms with Gasteiger partial charge in [-0.3, -0.25) is 4.79 Å². The monoisotopic (exact) mass is 385 g/mol. The van der Waals surface area contributed by atoms with Gasteiger partial charge < -0.3 is 15.1 Å². The second kappa shape index (κ2) is 8.35. The second-order valence-electron chi connectivity index (χ2n) is 6.59. The standard InChI is InChI=1S/C21H19N7O/c22-15-16-4-3-5-17(14-16)24-21(29)18-7-8-20(26-25-18)28-12-10-27(11-13-28)19-6-1-2-9-23-19/h1-9,14H,10-13H2,(H,24,29). The summed E-state index contributed by atoms with van der Waals surface area (Å²) in [5, 5.41) is 20.0. The Morgan fingerprint density at radius 1 is 0.931 bits per heavy atom. The topological polar surface area (TPSA) is 98.0 Å². The van der Waals surface area contributed by atoms with E-state index >= 15 is 0 Å². The number of nitrogens with one attached hydrogen (secondary N) is 1. The summed E-state index contributed by atoms with van der Waals surface area (Å²) in [6.07, 6.45) is 1.80. The zero-order valence-corrected chi connectivity index (χ0v) is 15.7. The largest absolute Gasteiger partial charge is 0.353 e. The van der Waals surface area contributed by atoms with Crippen LogP contribution in [-0.2, 0) is 0 Å². The first kappa shape index (κ1) is 18.4. The van der Waals surface area contributed by atoms with Crippen molar-refractivity contribution in [1.29, 1.82) is 5.26 Å². The Morgan fingerprint density at radius 2 is 1.72 bits per heavy atom.